The average molecular weight is 278 g/mol. The number of hydrogen-bond donors (Lipinski definition) is 2. The Morgan fingerprint density at radius 3 is 2.63 bits per heavy atom. The lowest BCUT2D eigenvalue weighted by Gasteiger charge is -2.12. The number of nitrogens with one attached hydrogen (secondary N) is 1. The van der Waals surface area contributed by atoms with Gasteiger partial charge >= 0.3 is 0 Å². The molecule has 3 aliphatic rings. The van der Waals surface area contributed by atoms with Crippen molar-refractivity contribution in [2.45, 2.75) is 25.3 Å². The lowest BCUT2D eigenvalue weighted by atomic mass is 10.0. The largest absolute Gasteiger partial charge is 0.366 e. The fraction of sp³-hybridized carbons (Fsp3) is 0.571. The first-order valence-corrected chi connectivity index (χ1v) is 7.25. The maximum Gasteiger partial charge on any atom is 0.250 e. The van der Waals surface area contributed by atoms with E-state index in [1.807, 2.05) is 0 Å². The van der Waals surface area contributed by atoms with Crippen LogP contribution >= 0.6 is 11.6 Å². The minimum atomic E-state index is -0.498. The summed E-state index contributed by atoms with van der Waals surface area (Å²) in [7, 11) is 0. The zero-order valence-corrected chi connectivity index (χ0v) is 11.2. The van der Waals surface area contributed by atoms with Crippen LogP contribution in [0.15, 0.2) is 12.3 Å². The molecule has 4 rings (SSSR count). The molecule has 3 aliphatic carbocycles. The molecule has 3 saturated carbocycles. The lowest BCUT2D eigenvalue weighted by molar-refractivity contribution is 0.1000. The van der Waals surface area contributed by atoms with Gasteiger partial charge in [0.1, 0.15) is 5.82 Å². The zero-order chi connectivity index (χ0) is 13.1. The summed E-state index contributed by atoms with van der Waals surface area (Å²) in [6.07, 6.45) is 5.70. The predicted molar refractivity (Wildman–Crippen MR) is 73.0 cm³/mol. The van der Waals surface area contributed by atoms with Gasteiger partial charge in [-0.15, -0.1) is 0 Å². The van der Waals surface area contributed by atoms with Gasteiger partial charge in [-0.2, -0.15) is 0 Å². The number of hydrogen-bond acceptors (Lipinski definition) is 3. The Bertz CT molecular complexity index is 546. The van der Waals surface area contributed by atoms with Crippen molar-refractivity contribution in [3.8, 4) is 0 Å². The maximum atomic E-state index is 11.1. The van der Waals surface area contributed by atoms with Crippen LogP contribution in [0.5, 0.6) is 0 Å². The van der Waals surface area contributed by atoms with Crippen molar-refractivity contribution in [1.29, 1.82) is 0 Å². The molecule has 1 amide bonds. The van der Waals surface area contributed by atoms with E-state index in [-0.39, 0.29) is 0 Å². The SMILES string of the molecule is NC(=O)c1cnc(NC2C3C4CCC(C4)C23)c(Cl)c1. The van der Waals surface area contributed by atoms with Gasteiger partial charge in [-0.3, -0.25) is 4.79 Å². The highest BCUT2D eigenvalue weighted by molar-refractivity contribution is 6.33. The van der Waals surface area contributed by atoms with Crippen molar-refractivity contribution in [3.05, 3.63) is 22.8 Å². The van der Waals surface area contributed by atoms with Crippen molar-refractivity contribution < 1.29 is 4.79 Å². The van der Waals surface area contributed by atoms with E-state index in [0.717, 1.165) is 23.7 Å². The van der Waals surface area contributed by atoms with Crippen LogP contribution in [-0.4, -0.2) is 16.9 Å². The second-order valence-corrected chi connectivity index (χ2v) is 6.48. The average Bonchev–Trinajstić information content (AvgIpc) is 2.79. The van der Waals surface area contributed by atoms with E-state index in [2.05, 4.69) is 10.3 Å². The molecule has 1 heterocycles. The minimum Gasteiger partial charge on any atom is -0.366 e. The van der Waals surface area contributed by atoms with Crippen LogP contribution < -0.4 is 11.1 Å². The number of nitrogens with two attached hydrogens (primary N) is 1. The molecule has 0 aromatic carbocycles. The van der Waals surface area contributed by atoms with Crippen LogP contribution in [0.25, 0.3) is 0 Å². The number of nitrogens with zero attached hydrogens (tertiary/aromatic N) is 1. The van der Waals surface area contributed by atoms with E-state index in [1.165, 1.54) is 25.5 Å². The standard InChI is InChI=1S/C14H16ClN3O/c15-9-4-8(13(16)19)5-17-14(9)18-12-10-6-1-2-7(3-6)11(10)12/h4-7,10-12H,1-3H2,(H2,16,19)(H,17,18). The highest BCUT2D eigenvalue weighted by atomic mass is 35.5. The van der Waals surface area contributed by atoms with Crippen LogP contribution in [0.3, 0.4) is 0 Å². The molecule has 0 spiro atoms. The Morgan fingerprint density at radius 1 is 1.37 bits per heavy atom. The van der Waals surface area contributed by atoms with Gasteiger partial charge in [0.25, 0.3) is 0 Å². The summed E-state index contributed by atoms with van der Waals surface area (Å²) in [6, 6.07) is 2.13. The van der Waals surface area contributed by atoms with Gasteiger partial charge in [0, 0.05) is 12.2 Å². The Morgan fingerprint density at radius 2 is 2.05 bits per heavy atom. The summed E-state index contributed by atoms with van der Waals surface area (Å²) in [5, 5.41) is 3.94. The Hall–Kier alpha value is -1.29. The third kappa shape index (κ3) is 1.66. The van der Waals surface area contributed by atoms with E-state index < -0.39 is 5.91 Å². The molecule has 100 valence electrons. The van der Waals surface area contributed by atoms with Crippen LogP contribution in [0.4, 0.5) is 5.82 Å². The Labute approximate surface area is 116 Å². The molecule has 2 bridgehead atoms. The molecule has 1 aromatic heterocycles. The van der Waals surface area contributed by atoms with Crippen molar-refractivity contribution >= 4 is 23.3 Å². The number of fused-ring (bicyclic) bond motifs is 5. The second kappa shape index (κ2) is 3.85. The van der Waals surface area contributed by atoms with Crippen molar-refractivity contribution in [1.82, 2.24) is 4.98 Å². The van der Waals surface area contributed by atoms with Gasteiger partial charge in [0.15, 0.2) is 0 Å². The van der Waals surface area contributed by atoms with Gasteiger partial charge in [0.2, 0.25) is 5.91 Å². The summed E-state index contributed by atoms with van der Waals surface area (Å²) in [4.78, 5) is 15.3. The van der Waals surface area contributed by atoms with Crippen LogP contribution in [0.1, 0.15) is 29.6 Å². The first-order valence-electron chi connectivity index (χ1n) is 6.87. The number of aromatic nitrogens is 1. The third-order valence-electron chi connectivity index (χ3n) is 5.16. The van der Waals surface area contributed by atoms with Gasteiger partial charge < -0.3 is 11.1 Å². The normalized spacial score (nSPS) is 38.1. The van der Waals surface area contributed by atoms with E-state index in [4.69, 9.17) is 17.3 Å². The van der Waals surface area contributed by atoms with E-state index in [1.54, 1.807) is 6.07 Å². The smallest absolute Gasteiger partial charge is 0.250 e. The molecule has 19 heavy (non-hydrogen) atoms. The van der Waals surface area contributed by atoms with Crippen molar-refractivity contribution in [2.75, 3.05) is 5.32 Å². The molecular weight excluding hydrogens is 262 g/mol. The van der Waals surface area contributed by atoms with E-state index in [0.29, 0.717) is 22.4 Å². The van der Waals surface area contributed by atoms with Crippen LogP contribution in [-0.2, 0) is 0 Å². The molecule has 1 aromatic rings. The predicted octanol–water partition coefficient (Wildman–Crippen LogP) is 2.29. The fourth-order valence-electron chi connectivity index (χ4n) is 4.36. The summed E-state index contributed by atoms with van der Waals surface area (Å²) < 4.78 is 0. The first kappa shape index (κ1) is 11.5. The van der Waals surface area contributed by atoms with Gasteiger partial charge in [-0.1, -0.05) is 11.6 Å². The Balaban J connectivity index is 1.51. The van der Waals surface area contributed by atoms with E-state index in [9.17, 15) is 4.79 Å². The quantitative estimate of drug-likeness (QED) is 0.891. The number of pyridine rings is 1. The number of rotatable bonds is 3. The fourth-order valence-corrected chi connectivity index (χ4v) is 4.58. The molecular formula is C14H16ClN3O. The molecule has 0 radical (unpaired) electrons. The number of anilines is 1. The Kier molecular flexibility index (Phi) is 2.34. The van der Waals surface area contributed by atoms with E-state index >= 15 is 0 Å². The van der Waals surface area contributed by atoms with Crippen molar-refractivity contribution in [2.24, 2.45) is 29.4 Å². The van der Waals surface area contributed by atoms with Gasteiger partial charge in [-0.05, 0) is 49.0 Å². The van der Waals surface area contributed by atoms with Gasteiger partial charge in [-0.25, -0.2) is 4.98 Å². The highest BCUT2D eigenvalue weighted by Gasteiger charge is 2.65. The monoisotopic (exact) mass is 277 g/mol. The molecule has 0 aliphatic heterocycles. The highest BCUT2D eigenvalue weighted by Crippen LogP contribution is 2.66. The number of halogens is 1. The van der Waals surface area contributed by atoms with Crippen molar-refractivity contribution in [3.63, 3.8) is 0 Å². The molecule has 0 saturated heterocycles. The molecule has 3 N–H and O–H groups in total. The number of primary amides is 1. The van der Waals surface area contributed by atoms with Crippen LogP contribution in [0.2, 0.25) is 5.02 Å². The third-order valence-corrected chi connectivity index (χ3v) is 5.45. The molecule has 4 nitrogen and oxygen atoms in total. The topological polar surface area (TPSA) is 68.0 Å². The number of carbonyl (C=O) groups is 1. The van der Waals surface area contributed by atoms with Crippen LogP contribution in [0, 0.1) is 23.7 Å². The lowest BCUT2D eigenvalue weighted by Crippen LogP contribution is -2.15. The molecule has 4 atom stereocenters. The molecule has 3 fully saturated rings. The maximum absolute atomic E-state index is 11.1. The summed E-state index contributed by atoms with van der Waals surface area (Å²) in [6.45, 7) is 0. The second-order valence-electron chi connectivity index (χ2n) is 6.08. The summed E-state index contributed by atoms with van der Waals surface area (Å²) in [5.41, 5.74) is 5.56. The summed E-state index contributed by atoms with van der Waals surface area (Å²) >= 11 is 6.16. The number of amides is 1. The number of carbonyl (C=O) groups excluding carboxylic acids is 1. The minimum absolute atomic E-state index is 0.353. The van der Waals surface area contributed by atoms with Gasteiger partial charge in [0.05, 0.1) is 10.6 Å². The molecule has 5 heteroatoms. The zero-order valence-electron chi connectivity index (χ0n) is 10.5. The summed E-state index contributed by atoms with van der Waals surface area (Å²) in [5.74, 6) is 3.67. The first-order chi connectivity index (χ1) is 9.15. The molecule has 4 unspecified atom stereocenters.